The summed E-state index contributed by atoms with van der Waals surface area (Å²) in [6.07, 6.45) is 6.62. The maximum Gasteiger partial charge on any atom is 0.226 e. The van der Waals surface area contributed by atoms with Gasteiger partial charge in [0.05, 0.1) is 0 Å². The number of nitrogens with zero attached hydrogens (tertiary/aromatic N) is 2. The van der Waals surface area contributed by atoms with Crippen LogP contribution < -0.4 is 5.32 Å². The van der Waals surface area contributed by atoms with Crippen LogP contribution in [0, 0.1) is 17.8 Å². The number of carbonyl (C=O) groups excluding carboxylic acids is 1. The molecule has 2 saturated carbocycles. The lowest BCUT2D eigenvalue weighted by Crippen LogP contribution is -2.52. The van der Waals surface area contributed by atoms with Crippen LogP contribution in [0.2, 0.25) is 0 Å². The van der Waals surface area contributed by atoms with E-state index in [2.05, 4.69) is 15.1 Å². The van der Waals surface area contributed by atoms with E-state index in [-0.39, 0.29) is 0 Å². The lowest BCUT2D eigenvalue weighted by atomic mass is 10.0. The van der Waals surface area contributed by atoms with Crippen molar-refractivity contribution in [2.45, 2.75) is 38.1 Å². The van der Waals surface area contributed by atoms with Gasteiger partial charge in [-0.2, -0.15) is 0 Å². The van der Waals surface area contributed by atoms with Gasteiger partial charge in [-0.25, -0.2) is 0 Å². The molecule has 4 nitrogen and oxygen atoms in total. The largest absolute Gasteiger partial charge is 0.340 e. The van der Waals surface area contributed by atoms with Crippen molar-refractivity contribution in [1.29, 1.82) is 0 Å². The molecule has 3 atom stereocenters. The monoisotopic (exact) mass is 277 g/mol. The lowest BCUT2D eigenvalue weighted by Gasteiger charge is -2.38. The molecule has 4 heteroatoms. The van der Waals surface area contributed by atoms with E-state index >= 15 is 0 Å². The quantitative estimate of drug-likeness (QED) is 0.815. The summed E-state index contributed by atoms with van der Waals surface area (Å²) in [7, 11) is 0. The predicted octanol–water partition coefficient (Wildman–Crippen LogP) is 0.929. The van der Waals surface area contributed by atoms with Gasteiger partial charge in [-0.3, -0.25) is 9.69 Å². The number of nitrogens with one attached hydrogen (secondary N) is 1. The first-order valence-corrected chi connectivity index (χ1v) is 8.58. The zero-order valence-corrected chi connectivity index (χ0v) is 12.4. The van der Waals surface area contributed by atoms with Gasteiger partial charge in [0, 0.05) is 44.7 Å². The molecule has 1 N–H and O–H groups in total. The molecule has 2 aliphatic heterocycles. The third kappa shape index (κ3) is 2.27. The van der Waals surface area contributed by atoms with E-state index in [1.165, 1.54) is 32.1 Å². The van der Waals surface area contributed by atoms with Crippen LogP contribution in [0.15, 0.2) is 0 Å². The number of hydrogen-bond acceptors (Lipinski definition) is 3. The third-order valence-electron chi connectivity index (χ3n) is 6.12. The highest BCUT2D eigenvalue weighted by Crippen LogP contribution is 2.56. The van der Waals surface area contributed by atoms with Gasteiger partial charge in [0.1, 0.15) is 0 Å². The average Bonchev–Trinajstić information content (AvgIpc) is 2.96. The molecule has 112 valence electrons. The fourth-order valence-corrected chi connectivity index (χ4v) is 4.83. The first-order chi connectivity index (χ1) is 9.84. The second kappa shape index (κ2) is 5.30. The Morgan fingerprint density at radius 2 is 1.65 bits per heavy atom. The summed E-state index contributed by atoms with van der Waals surface area (Å²) in [5.74, 6) is 2.42. The molecular formula is C16H27N3O. The van der Waals surface area contributed by atoms with Crippen molar-refractivity contribution >= 4 is 5.91 Å². The highest BCUT2D eigenvalue weighted by atomic mass is 16.2. The van der Waals surface area contributed by atoms with Crippen LogP contribution in [0.1, 0.15) is 32.1 Å². The van der Waals surface area contributed by atoms with Crippen molar-refractivity contribution in [1.82, 2.24) is 15.1 Å². The summed E-state index contributed by atoms with van der Waals surface area (Å²) < 4.78 is 0. The van der Waals surface area contributed by atoms with Crippen LogP contribution in [0.5, 0.6) is 0 Å². The van der Waals surface area contributed by atoms with Gasteiger partial charge in [0.25, 0.3) is 0 Å². The lowest BCUT2D eigenvalue weighted by molar-refractivity contribution is -0.135. The molecule has 4 aliphatic rings. The second-order valence-corrected chi connectivity index (χ2v) is 7.15. The molecule has 20 heavy (non-hydrogen) atoms. The van der Waals surface area contributed by atoms with Crippen LogP contribution in [-0.2, 0) is 4.79 Å². The molecule has 2 heterocycles. The number of fused-ring (bicyclic) bond motifs is 1. The topological polar surface area (TPSA) is 35.6 Å². The van der Waals surface area contributed by atoms with Crippen LogP contribution in [0.4, 0.5) is 0 Å². The maximum absolute atomic E-state index is 12.6. The normalized spacial score (nSPS) is 41.5. The molecule has 2 saturated heterocycles. The first kappa shape index (κ1) is 13.1. The van der Waals surface area contributed by atoms with Crippen LogP contribution in [-0.4, -0.2) is 61.0 Å². The Morgan fingerprint density at radius 3 is 2.25 bits per heavy atom. The highest BCUT2D eigenvalue weighted by Gasteiger charge is 2.55. The predicted molar refractivity (Wildman–Crippen MR) is 78.4 cm³/mol. The van der Waals surface area contributed by atoms with Crippen molar-refractivity contribution < 1.29 is 4.79 Å². The summed E-state index contributed by atoms with van der Waals surface area (Å²) in [5.41, 5.74) is 0. The second-order valence-electron chi connectivity index (χ2n) is 7.15. The minimum absolute atomic E-state index is 0.414. The molecule has 1 amide bonds. The molecule has 2 aliphatic carbocycles. The Kier molecular flexibility index (Phi) is 3.47. The minimum atomic E-state index is 0.414. The van der Waals surface area contributed by atoms with E-state index in [0.29, 0.717) is 11.8 Å². The molecule has 4 rings (SSSR count). The van der Waals surface area contributed by atoms with Crippen LogP contribution in [0.25, 0.3) is 0 Å². The van der Waals surface area contributed by atoms with Crippen LogP contribution in [0.3, 0.4) is 0 Å². The number of rotatable bonds is 2. The number of piperazine rings is 1. The molecule has 0 aromatic heterocycles. The summed E-state index contributed by atoms with van der Waals surface area (Å²) in [6, 6.07) is 0.718. The molecule has 3 unspecified atom stereocenters. The fourth-order valence-electron chi connectivity index (χ4n) is 4.83. The Bertz CT molecular complexity index is 360. The van der Waals surface area contributed by atoms with Crippen LogP contribution >= 0.6 is 0 Å². The fraction of sp³-hybridized carbons (Fsp3) is 0.938. The van der Waals surface area contributed by atoms with E-state index in [1.807, 2.05) is 0 Å². The average molecular weight is 277 g/mol. The standard InChI is InChI=1S/C16H27N3O/c20-16(15-13-3-1-2-4-14(13)15)19-9-7-18(8-10-19)12-5-6-17-11-12/h12-15,17H,1-11H2. The van der Waals surface area contributed by atoms with E-state index in [1.54, 1.807) is 0 Å². The maximum atomic E-state index is 12.6. The van der Waals surface area contributed by atoms with E-state index in [4.69, 9.17) is 0 Å². The van der Waals surface area contributed by atoms with Gasteiger partial charge in [-0.1, -0.05) is 12.8 Å². The van der Waals surface area contributed by atoms with Crippen molar-refractivity contribution in [3.05, 3.63) is 0 Å². The van der Waals surface area contributed by atoms with E-state index in [0.717, 1.165) is 57.1 Å². The highest BCUT2D eigenvalue weighted by molar-refractivity contribution is 5.82. The smallest absolute Gasteiger partial charge is 0.226 e. The van der Waals surface area contributed by atoms with Crippen molar-refractivity contribution in [3.63, 3.8) is 0 Å². The Morgan fingerprint density at radius 1 is 0.950 bits per heavy atom. The first-order valence-electron chi connectivity index (χ1n) is 8.58. The molecular weight excluding hydrogens is 250 g/mol. The third-order valence-corrected chi connectivity index (χ3v) is 6.12. The molecule has 4 fully saturated rings. The molecule has 0 spiro atoms. The molecule has 0 aromatic rings. The zero-order valence-electron chi connectivity index (χ0n) is 12.4. The SMILES string of the molecule is O=C(C1C2CCCCC21)N1CCN(C2CCNC2)CC1. The van der Waals surface area contributed by atoms with Crippen molar-refractivity contribution in [3.8, 4) is 0 Å². The molecule has 0 radical (unpaired) electrons. The van der Waals surface area contributed by atoms with Gasteiger partial charge in [0.15, 0.2) is 0 Å². The summed E-state index contributed by atoms with van der Waals surface area (Å²) in [6.45, 7) is 6.40. The summed E-state index contributed by atoms with van der Waals surface area (Å²) in [5, 5.41) is 3.44. The Labute approximate surface area is 121 Å². The number of carbonyl (C=O) groups is 1. The van der Waals surface area contributed by atoms with Gasteiger partial charge < -0.3 is 10.2 Å². The minimum Gasteiger partial charge on any atom is -0.340 e. The number of amides is 1. The van der Waals surface area contributed by atoms with Gasteiger partial charge >= 0.3 is 0 Å². The Hall–Kier alpha value is -0.610. The van der Waals surface area contributed by atoms with Gasteiger partial charge in [-0.15, -0.1) is 0 Å². The molecule has 0 aromatic carbocycles. The van der Waals surface area contributed by atoms with Gasteiger partial charge in [-0.05, 0) is 37.6 Å². The molecule has 0 bridgehead atoms. The van der Waals surface area contributed by atoms with Crippen molar-refractivity contribution in [2.75, 3.05) is 39.3 Å². The van der Waals surface area contributed by atoms with E-state index in [9.17, 15) is 4.79 Å². The van der Waals surface area contributed by atoms with Crippen molar-refractivity contribution in [2.24, 2.45) is 17.8 Å². The Balaban J connectivity index is 1.29. The summed E-state index contributed by atoms with van der Waals surface area (Å²) >= 11 is 0. The van der Waals surface area contributed by atoms with E-state index < -0.39 is 0 Å². The summed E-state index contributed by atoms with van der Waals surface area (Å²) in [4.78, 5) is 17.4. The number of hydrogen-bond donors (Lipinski definition) is 1. The zero-order chi connectivity index (χ0) is 13.5. The van der Waals surface area contributed by atoms with Gasteiger partial charge in [0.2, 0.25) is 5.91 Å².